The van der Waals surface area contributed by atoms with Crippen molar-refractivity contribution >= 4 is 23.2 Å². The van der Waals surface area contributed by atoms with Crippen LogP contribution >= 0.6 is 11.6 Å². The number of carbonyl (C=O) groups excluding carboxylic acids is 1. The third kappa shape index (κ3) is 3.82. The van der Waals surface area contributed by atoms with Gasteiger partial charge in [0.25, 0.3) is 5.91 Å². The molecular weight excluding hydrogens is 453 g/mol. The van der Waals surface area contributed by atoms with Gasteiger partial charge in [-0.25, -0.2) is 4.39 Å². The van der Waals surface area contributed by atoms with Gasteiger partial charge in [-0.15, -0.1) is 0 Å². The number of rotatable bonds is 2. The molecule has 0 radical (unpaired) electrons. The highest BCUT2D eigenvalue weighted by molar-refractivity contribution is 6.32. The van der Waals surface area contributed by atoms with E-state index in [1.807, 2.05) is 36.4 Å². The monoisotopic (exact) mass is 479 g/mol. The molecule has 2 aliphatic rings. The fraction of sp³-hybridized carbons (Fsp3) is 0.321. The molecule has 6 heteroatoms. The molecule has 0 aliphatic carbocycles. The van der Waals surface area contributed by atoms with Crippen molar-refractivity contribution in [2.24, 2.45) is 0 Å². The van der Waals surface area contributed by atoms with Crippen LogP contribution < -0.4 is 14.4 Å². The van der Waals surface area contributed by atoms with Crippen LogP contribution in [0.2, 0.25) is 5.02 Å². The van der Waals surface area contributed by atoms with Crippen LogP contribution in [0.3, 0.4) is 0 Å². The molecule has 0 N–H and O–H groups in total. The van der Waals surface area contributed by atoms with Gasteiger partial charge < -0.3 is 14.4 Å². The summed E-state index contributed by atoms with van der Waals surface area (Å²) in [4.78, 5) is 15.6. The summed E-state index contributed by atoms with van der Waals surface area (Å²) in [5.74, 6) is 0.563. The van der Waals surface area contributed by atoms with Gasteiger partial charge in [0.2, 0.25) is 0 Å². The predicted molar refractivity (Wildman–Crippen MR) is 132 cm³/mol. The van der Waals surface area contributed by atoms with Gasteiger partial charge in [-0.3, -0.25) is 4.79 Å². The molecule has 0 aromatic heterocycles. The molecule has 2 heterocycles. The number of hydrogen-bond acceptors (Lipinski definition) is 3. The van der Waals surface area contributed by atoms with Crippen LogP contribution in [-0.2, 0) is 5.41 Å². The second kappa shape index (κ2) is 8.31. The van der Waals surface area contributed by atoms with Gasteiger partial charge in [-0.05, 0) is 58.5 Å². The Morgan fingerprint density at radius 2 is 1.71 bits per heavy atom. The number of carbonyl (C=O) groups is 1. The predicted octanol–water partition coefficient (Wildman–Crippen LogP) is 7.05. The highest BCUT2D eigenvalue weighted by Crippen LogP contribution is 2.47. The van der Waals surface area contributed by atoms with Crippen molar-refractivity contribution in [2.75, 3.05) is 18.1 Å². The second-order valence-electron chi connectivity index (χ2n) is 9.96. The van der Waals surface area contributed by atoms with E-state index in [0.29, 0.717) is 41.0 Å². The third-order valence-electron chi connectivity index (χ3n) is 6.65. The van der Waals surface area contributed by atoms with Gasteiger partial charge in [0.1, 0.15) is 19.0 Å². The summed E-state index contributed by atoms with van der Waals surface area (Å²) < 4.78 is 25.7. The van der Waals surface area contributed by atoms with Crippen LogP contribution in [0.5, 0.6) is 11.5 Å². The minimum absolute atomic E-state index is 0.100. The van der Waals surface area contributed by atoms with Gasteiger partial charge in [0, 0.05) is 22.2 Å². The van der Waals surface area contributed by atoms with Crippen LogP contribution in [0.15, 0.2) is 54.6 Å². The number of ether oxygens (including phenoxy) is 2. The SMILES string of the molecule is C[C@H]1c2ccc(F)cc2C(=O)N(c2ccc(C(C)(C)C)c(Cl)c2)[C@@H]1c1ccc2c(c1)OCCO2. The highest BCUT2D eigenvalue weighted by atomic mass is 35.5. The first kappa shape index (κ1) is 22.7. The van der Waals surface area contributed by atoms with Crippen molar-refractivity contribution < 1.29 is 18.7 Å². The van der Waals surface area contributed by atoms with Crippen LogP contribution in [0.1, 0.15) is 66.7 Å². The molecule has 34 heavy (non-hydrogen) atoms. The Morgan fingerprint density at radius 3 is 2.41 bits per heavy atom. The van der Waals surface area contributed by atoms with E-state index in [1.165, 1.54) is 12.1 Å². The van der Waals surface area contributed by atoms with E-state index in [9.17, 15) is 9.18 Å². The Bertz CT molecular complexity index is 1280. The zero-order chi connectivity index (χ0) is 24.2. The Labute approximate surface area is 204 Å². The number of halogens is 2. The Kier molecular flexibility index (Phi) is 5.56. The maximum Gasteiger partial charge on any atom is 0.259 e. The number of hydrogen-bond donors (Lipinski definition) is 0. The van der Waals surface area contributed by atoms with E-state index >= 15 is 0 Å². The molecule has 0 saturated heterocycles. The van der Waals surface area contributed by atoms with Crippen molar-refractivity contribution in [3.8, 4) is 11.5 Å². The zero-order valence-electron chi connectivity index (χ0n) is 19.7. The molecule has 0 fully saturated rings. The van der Waals surface area contributed by atoms with Crippen molar-refractivity contribution in [1.82, 2.24) is 0 Å². The molecule has 0 saturated carbocycles. The molecule has 0 unspecified atom stereocenters. The summed E-state index contributed by atoms with van der Waals surface area (Å²) in [5, 5.41) is 0.594. The molecule has 2 atom stereocenters. The number of anilines is 1. The Balaban J connectivity index is 1.68. The molecule has 3 aromatic carbocycles. The van der Waals surface area contributed by atoms with Crippen LogP contribution in [0.25, 0.3) is 0 Å². The van der Waals surface area contributed by atoms with Crippen molar-refractivity contribution in [2.45, 2.75) is 45.1 Å². The summed E-state index contributed by atoms with van der Waals surface area (Å²) in [6.07, 6.45) is 0. The summed E-state index contributed by atoms with van der Waals surface area (Å²) in [6, 6.07) is 15.6. The lowest BCUT2D eigenvalue weighted by Crippen LogP contribution is -2.42. The molecule has 4 nitrogen and oxygen atoms in total. The van der Waals surface area contributed by atoms with Crippen molar-refractivity contribution in [3.05, 3.63) is 87.7 Å². The fourth-order valence-electron chi connectivity index (χ4n) is 4.98. The maximum absolute atomic E-state index is 14.2. The van der Waals surface area contributed by atoms with Crippen LogP contribution in [-0.4, -0.2) is 19.1 Å². The van der Waals surface area contributed by atoms with E-state index in [2.05, 4.69) is 27.7 Å². The lowest BCUT2D eigenvalue weighted by molar-refractivity contribution is 0.0960. The normalized spacial score (nSPS) is 19.7. The molecule has 5 rings (SSSR count). The van der Waals surface area contributed by atoms with E-state index < -0.39 is 5.82 Å². The molecule has 2 aliphatic heterocycles. The number of nitrogens with zero attached hydrogens (tertiary/aromatic N) is 1. The van der Waals surface area contributed by atoms with Crippen LogP contribution in [0, 0.1) is 5.82 Å². The molecule has 176 valence electrons. The number of fused-ring (bicyclic) bond motifs is 2. The Morgan fingerprint density at radius 1 is 0.971 bits per heavy atom. The summed E-state index contributed by atoms with van der Waals surface area (Å²) >= 11 is 6.70. The zero-order valence-corrected chi connectivity index (χ0v) is 20.4. The first-order chi connectivity index (χ1) is 16.1. The molecule has 0 bridgehead atoms. The molecular formula is C28H27ClFNO3. The largest absolute Gasteiger partial charge is 0.486 e. The maximum atomic E-state index is 14.2. The highest BCUT2D eigenvalue weighted by Gasteiger charge is 2.40. The Hall–Kier alpha value is -3.05. The van der Waals surface area contributed by atoms with E-state index in [4.69, 9.17) is 21.1 Å². The first-order valence-corrected chi connectivity index (χ1v) is 11.9. The number of amides is 1. The minimum atomic E-state index is -0.432. The van der Waals surface area contributed by atoms with Gasteiger partial charge in [-0.1, -0.05) is 57.5 Å². The lowest BCUT2D eigenvalue weighted by atomic mass is 9.80. The standard InChI is InChI=1S/C28H27ClFNO3/c1-16-20-8-6-18(30)14-21(20)27(32)31(19-7-9-22(23(29)15-19)28(2,3)4)26(16)17-5-10-24-25(13-17)34-12-11-33-24/h5-10,13-16,26H,11-12H2,1-4H3/t16-,26-/m0/s1. The van der Waals surface area contributed by atoms with Crippen molar-refractivity contribution in [1.29, 1.82) is 0 Å². The third-order valence-corrected chi connectivity index (χ3v) is 6.97. The minimum Gasteiger partial charge on any atom is -0.486 e. The topological polar surface area (TPSA) is 38.8 Å². The average molecular weight is 480 g/mol. The summed E-state index contributed by atoms with van der Waals surface area (Å²) in [6.45, 7) is 9.33. The van der Waals surface area contributed by atoms with Gasteiger partial charge in [-0.2, -0.15) is 0 Å². The van der Waals surface area contributed by atoms with Gasteiger partial charge in [0.15, 0.2) is 11.5 Å². The molecule has 3 aromatic rings. The van der Waals surface area contributed by atoms with Crippen molar-refractivity contribution in [3.63, 3.8) is 0 Å². The fourth-order valence-corrected chi connectivity index (χ4v) is 5.44. The smallest absolute Gasteiger partial charge is 0.259 e. The first-order valence-electron chi connectivity index (χ1n) is 11.5. The second-order valence-corrected chi connectivity index (χ2v) is 10.4. The lowest BCUT2D eigenvalue weighted by Gasteiger charge is -2.41. The summed E-state index contributed by atoms with van der Waals surface area (Å²) in [7, 11) is 0. The molecule has 0 spiro atoms. The quantitative estimate of drug-likeness (QED) is 0.395. The summed E-state index contributed by atoms with van der Waals surface area (Å²) in [5.41, 5.74) is 3.63. The van der Waals surface area contributed by atoms with E-state index in [0.717, 1.165) is 16.7 Å². The molecule has 1 amide bonds. The van der Waals surface area contributed by atoms with Gasteiger partial charge >= 0.3 is 0 Å². The van der Waals surface area contributed by atoms with E-state index in [1.54, 1.807) is 11.0 Å². The number of benzene rings is 3. The average Bonchev–Trinajstić information content (AvgIpc) is 2.80. The van der Waals surface area contributed by atoms with Gasteiger partial charge in [0.05, 0.1) is 6.04 Å². The van der Waals surface area contributed by atoms with Crippen LogP contribution in [0.4, 0.5) is 10.1 Å². The van der Waals surface area contributed by atoms with E-state index in [-0.39, 0.29) is 23.3 Å².